The molecule has 1 aliphatic rings. The Hall–Kier alpha value is -0.430. The van der Waals surface area contributed by atoms with Crippen molar-refractivity contribution in [2.24, 2.45) is 11.1 Å². The third-order valence-electron chi connectivity index (χ3n) is 3.59. The zero-order chi connectivity index (χ0) is 14.4. The minimum absolute atomic E-state index is 0.0325. The molecule has 1 fully saturated rings. The molecular formula is C12H21F3N2OS. The van der Waals surface area contributed by atoms with Gasteiger partial charge in [-0.2, -0.15) is 13.2 Å². The van der Waals surface area contributed by atoms with Gasteiger partial charge in [0.05, 0.1) is 5.41 Å². The van der Waals surface area contributed by atoms with E-state index < -0.39 is 10.9 Å². The number of rotatable bonds is 5. The smallest absolute Gasteiger partial charge is 0.355 e. The van der Waals surface area contributed by atoms with Crippen molar-refractivity contribution in [3.8, 4) is 0 Å². The molecule has 0 saturated heterocycles. The lowest BCUT2D eigenvalue weighted by molar-refractivity contribution is -0.131. The van der Waals surface area contributed by atoms with Crippen LogP contribution in [0, 0.1) is 5.41 Å². The van der Waals surface area contributed by atoms with Crippen molar-refractivity contribution in [3.05, 3.63) is 0 Å². The summed E-state index contributed by atoms with van der Waals surface area (Å²) in [6.07, 6.45) is 5.59. The molecule has 0 aromatic carbocycles. The fraction of sp³-hybridized carbons (Fsp3) is 0.917. The SMILES string of the molecule is NCC1(C(=O)NCCSC(F)(F)F)CCCCCC1. The van der Waals surface area contributed by atoms with Gasteiger partial charge in [0.2, 0.25) is 5.91 Å². The minimum atomic E-state index is -4.24. The van der Waals surface area contributed by atoms with Crippen LogP contribution in [-0.2, 0) is 4.79 Å². The fourth-order valence-electron chi connectivity index (χ4n) is 2.45. The van der Waals surface area contributed by atoms with E-state index in [2.05, 4.69) is 5.32 Å². The predicted octanol–water partition coefficient (Wildman–Crippen LogP) is 2.65. The minimum Gasteiger partial charge on any atom is -0.355 e. The zero-order valence-electron chi connectivity index (χ0n) is 10.9. The second kappa shape index (κ2) is 7.38. The molecule has 0 atom stereocenters. The van der Waals surface area contributed by atoms with E-state index in [9.17, 15) is 18.0 Å². The molecule has 1 amide bonds. The third kappa shape index (κ3) is 5.60. The number of amides is 1. The van der Waals surface area contributed by atoms with Crippen molar-refractivity contribution in [1.29, 1.82) is 0 Å². The molecule has 0 spiro atoms. The van der Waals surface area contributed by atoms with Crippen LogP contribution in [0.2, 0.25) is 0 Å². The molecule has 0 aromatic rings. The Morgan fingerprint density at radius 1 is 1.21 bits per heavy atom. The first-order valence-electron chi connectivity index (χ1n) is 6.59. The Morgan fingerprint density at radius 3 is 2.26 bits per heavy atom. The van der Waals surface area contributed by atoms with Gasteiger partial charge in [0.25, 0.3) is 0 Å². The second-order valence-corrected chi connectivity index (χ2v) is 6.11. The number of thioether (sulfide) groups is 1. The van der Waals surface area contributed by atoms with E-state index in [1.165, 1.54) is 0 Å². The highest BCUT2D eigenvalue weighted by Gasteiger charge is 2.37. The molecule has 0 unspecified atom stereocenters. The highest BCUT2D eigenvalue weighted by Crippen LogP contribution is 2.34. The average molecular weight is 298 g/mol. The number of nitrogens with one attached hydrogen (secondary N) is 1. The monoisotopic (exact) mass is 298 g/mol. The van der Waals surface area contributed by atoms with Gasteiger partial charge in [-0.15, -0.1) is 0 Å². The maximum Gasteiger partial charge on any atom is 0.441 e. The third-order valence-corrected chi connectivity index (χ3v) is 4.32. The lowest BCUT2D eigenvalue weighted by Gasteiger charge is -2.29. The Bertz CT molecular complexity index is 289. The van der Waals surface area contributed by atoms with Crippen LogP contribution >= 0.6 is 11.8 Å². The molecule has 1 aliphatic carbocycles. The maximum absolute atomic E-state index is 12.1. The Morgan fingerprint density at radius 2 is 1.79 bits per heavy atom. The lowest BCUT2D eigenvalue weighted by atomic mass is 9.79. The van der Waals surface area contributed by atoms with E-state index in [0.29, 0.717) is 0 Å². The molecule has 0 radical (unpaired) electrons. The van der Waals surface area contributed by atoms with Crippen molar-refractivity contribution < 1.29 is 18.0 Å². The predicted molar refractivity (Wildman–Crippen MR) is 70.7 cm³/mol. The van der Waals surface area contributed by atoms with Crippen molar-refractivity contribution in [3.63, 3.8) is 0 Å². The van der Waals surface area contributed by atoms with Crippen LogP contribution in [0.1, 0.15) is 38.5 Å². The molecule has 3 N–H and O–H groups in total. The van der Waals surface area contributed by atoms with Crippen LogP contribution in [0.4, 0.5) is 13.2 Å². The van der Waals surface area contributed by atoms with Crippen molar-refractivity contribution in [1.82, 2.24) is 5.32 Å². The number of carbonyl (C=O) groups is 1. The highest BCUT2D eigenvalue weighted by molar-refractivity contribution is 8.00. The van der Waals surface area contributed by atoms with E-state index in [1.54, 1.807) is 0 Å². The summed E-state index contributed by atoms with van der Waals surface area (Å²) in [7, 11) is 0. The largest absolute Gasteiger partial charge is 0.441 e. The summed E-state index contributed by atoms with van der Waals surface area (Å²) in [6, 6.07) is 0. The van der Waals surface area contributed by atoms with E-state index in [-0.39, 0.29) is 36.5 Å². The van der Waals surface area contributed by atoms with Gasteiger partial charge in [0, 0.05) is 18.8 Å². The fourth-order valence-corrected chi connectivity index (χ4v) is 2.88. The number of carbonyl (C=O) groups excluding carboxylic acids is 1. The summed E-state index contributed by atoms with van der Waals surface area (Å²) in [5, 5.41) is 2.60. The first-order chi connectivity index (χ1) is 8.90. The van der Waals surface area contributed by atoms with Gasteiger partial charge in [0.15, 0.2) is 0 Å². The topological polar surface area (TPSA) is 55.1 Å². The first kappa shape index (κ1) is 16.6. The molecule has 0 heterocycles. The van der Waals surface area contributed by atoms with Crippen LogP contribution in [0.15, 0.2) is 0 Å². The molecule has 1 saturated carbocycles. The van der Waals surface area contributed by atoms with Crippen LogP contribution in [0.3, 0.4) is 0 Å². The second-order valence-electron chi connectivity index (χ2n) is 4.95. The van der Waals surface area contributed by atoms with Crippen LogP contribution in [0.5, 0.6) is 0 Å². The molecule has 0 aliphatic heterocycles. The number of alkyl halides is 3. The van der Waals surface area contributed by atoms with Crippen LogP contribution in [0.25, 0.3) is 0 Å². The van der Waals surface area contributed by atoms with Crippen molar-refractivity contribution in [2.45, 2.75) is 44.0 Å². The van der Waals surface area contributed by atoms with Gasteiger partial charge in [-0.05, 0) is 24.6 Å². The van der Waals surface area contributed by atoms with Gasteiger partial charge in [0.1, 0.15) is 0 Å². The number of hydrogen-bond acceptors (Lipinski definition) is 3. The quantitative estimate of drug-likeness (QED) is 0.606. The number of hydrogen-bond donors (Lipinski definition) is 2. The number of halogens is 3. The van der Waals surface area contributed by atoms with E-state index in [1.807, 2.05) is 0 Å². The van der Waals surface area contributed by atoms with E-state index >= 15 is 0 Å². The van der Waals surface area contributed by atoms with Gasteiger partial charge >= 0.3 is 5.51 Å². The van der Waals surface area contributed by atoms with Gasteiger partial charge in [-0.3, -0.25) is 4.79 Å². The normalized spacial score (nSPS) is 19.8. The first-order valence-corrected chi connectivity index (χ1v) is 7.57. The summed E-state index contributed by atoms with van der Waals surface area (Å²) >= 11 is -0.113. The summed E-state index contributed by atoms with van der Waals surface area (Å²) in [6.45, 7) is 0.302. The molecule has 0 bridgehead atoms. The molecule has 0 aromatic heterocycles. The summed E-state index contributed by atoms with van der Waals surface area (Å²) in [4.78, 5) is 12.1. The van der Waals surface area contributed by atoms with Crippen LogP contribution in [-0.4, -0.2) is 30.3 Å². The summed E-state index contributed by atoms with van der Waals surface area (Å²) in [5.41, 5.74) is 0.929. The molecular weight excluding hydrogens is 277 g/mol. The number of nitrogens with two attached hydrogens (primary N) is 1. The van der Waals surface area contributed by atoms with Gasteiger partial charge in [-0.1, -0.05) is 25.7 Å². The standard InChI is InChI=1S/C12H21F3N2OS/c13-12(14,15)19-8-7-17-10(18)11(9-16)5-3-1-2-4-6-11/h1-9,16H2,(H,17,18). The van der Waals surface area contributed by atoms with Crippen molar-refractivity contribution >= 4 is 17.7 Å². The molecule has 1 rings (SSSR count). The summed E-state index contributed by atoms with van der Waals surface area (Å²) in [5.74, 6) is -0.338. The molecule has 112 valence electrons. The van der Waals surface area contributed by atoms with Gasteiger partial charge < -0.3 is 11.1 Å². The van der Waals surface area contributed by atoms with E-state index in [4.69, 9.17) is 5.73 Å². The average Bonchev–Trinajstić information content (AvgIpc) is 2.59. The lowest BCUT2D eigenvalue weighted by Crippen LogP contribution is -2.46. The molecule has 7 heteroatoms. The zero-order valence-corrected chi connectivity index (χ0v) is 11.7. The maximum atomic E-state index is 12.1. The highest BCUT2D eigenvalue weighted by atomic mass is 32.2. The Labute approximate surface area is 115 Å². The van der Waals surface area contributed by atoms with Gasteiger partial charge in [-0.25, -0.2) is 0 Å². The van der Waals surface area contributed by atoms with Crippen LogP contribution < -0.4 is 11.1 Å². The van der Waals surface area contributed by atoms with Crippen molar-refractivity contribution in [2.75, 3.05) is 18.8 Å². The Kier molecular flexibility index (Phi) is 6.46. The Balaban J connectivity index is 2.41. The molecule has 3 nitrogen and oxygen atoms in total. The summed E-state index contributed by atoms with van der Waals surface area (Å²) < 4.78 is 35.9. The molecule has 19 heavy (non-hydrogen) atoms. The van der Waals surface area contributed by atoms with E-state index in [0.717, 1.165) is 38.5 Å².